The summed E-state index contributed by atoms with van der Waals surface area (Å²) in [4.78, 5) is 8.47. The highest BCUT2D eigenvalue weighted by atomic mass is 79.9. The average Bonchev–Trinajstić information content (AvgIpc) is 2.33. The van der Waals surface area contributed by atoms with E-state index < -0.39 is 11.6 Å². The number of nitrogens with one attached hydrogen (secondary N) is 1. The summed E-state index contributed by atoms with van der Waals surface area (Å²) in [6.45, 7) is 3.91. The zero-order valence-electron chi connectivity index (χ0n) is 10.4. The van der Waals surface area contributed by atoms with Crippen molar-refractivity contribution in [2.24, 2.45) is 0 Å². The minimum absolute atomic E-state index is 0.0420. The molecule has 0 fully saturated rings. The molecule has 2 aromatic rings. The first-order valence-corrected chi connectivity index (χ1v) is 6.51. The average molecular weight is 328 g/mol. The number of hydrogen-bond acceptors (Lipinski definition) is 3. The molecule has 1 heterocycles. The van der Waals surface area contributed by atoms with E-state index in [0.29, 0.717) is 16.2 Å². The van der Waals surface area contributed by atoms with Crippen molar-refractivity contribution in [1.29, 1.82) is 0 Å². The van der Waals surface area contributed by atoms with Crippen LogP contribution in [0.4, 0.5) is 20.3 Å². The molecular formula is C13H12BrF2N3. The molecule has 0 atom stereocenters. The van der Waals surface area contributed by atoms with Crippen LogP contribution >= 0.6 is 15.9 Å². The van der Waals surface area contributed by atoms with Gasteiger partial charge < -0.3 is 5.32 Å². The third-order valence-electron chi connectivity index (χ3n) is 2.42. The summed E-state index contributed by atoms with van der Waals surface area (Å²) >= 11 is 3.27. The van der Waals surface area contributed by atoms with E-state index in [9.17, 15) is 8.78 Å². The van der Waals surface area contributed by atoms with Crippen LogP contribution in [-0.2, 0) is 0 Å². The van der Waals surface area contributed by atoms with Crippen molar-refractivity contribution in [3.63, 3.8) is 0 Å². The van der Waals surface area contributed by atoms with Gasteiger partial charge in [-0.1, -0.05) is 13.8 Å². The first-order chi connectivity index (χ1) is 8.95. The summed E-state index contributed by atoms with van der Waals surface area (Å²) in [6, 6.07) is 4.82. The van der Waals surface area contributed by atoms with E-state index in [4.69, 9.17) is 0 Å². The summed E-state index contributed by atoms with van der Waals surface area (Å²) in [5, 5.41) is 2.75. The summed E-state index contributed by atoms with van der Waals surface area (Å²) in [6.07, 6.45) is 0. The third kappa shape index (κ3) is 3.47. The Bertz CT molecular complexity index is 602. The zero-order chi connectivity index (χ0) is 14.0. The van der Waals surface area contributed by atoms with Gasteiger partial charge in [-0.2, -0.15) is 0 Å². The molecule has 1 aromatic carbocycles. The SMILES string of the molecule is CC(C)c1nc(Br)cc(Nc2cc(F)ccc2F)n1. The summed E-state index contributed by atoms with van der Waals surface area (Å²) in [5.41, 5.74) is 0.0420. The summed E-state index contributed by atoms with van der Waals surface area (Å²) < 4.78 is 27.2. The van der Waals surface area contributed by atoms with Crippen molar-refractivity contribution in [1.82, 2.24) is 9.97 Å². The molecule has 0 unspecified atom stereocenters. The van der Waals surface area contributed by atoms with Crippen LogP contribution in [-0.4, -0.2) is 9.97 Å². The lowest BCUT2D eigenvalue weighted by molar-refractivity contribution is 0.603. The maximum absolute atomic E-state index is 13.5. The first kappa shape index (κ1) is 13.9. The van der Waals surface area contributed by atoms with Crippen LogP contribution in [0.1, 0.15) is 25.6 Å². The van der Waals surface area contributed by atoms with Gasteiger partial charge in [0.05, 0.1) is 5.69 Å². The van der Waals surface area contributed by atoms with Crippen LogP contribution < -0.4 is 5.32 Å². The third-order valence-corrected chi connectivity index (χ3v) is 2.83. The molecule has 0 amide bonds. The largest absolute Gasteiger partial charge is 0.338 e. The second-order valence-corrected chi connectivity index (χ2v) is 5.15. The van der Waals surface area contributed by atoms with Gasteiger partial charge >= 0.3 is 0 Å². The molecule has 0 aliphatic rings. The minimum Gasteiger partial charge on any atom is -0.338 e. The van der Waals surface area contributed by atoms with Crippen LogP contribution in [0.3, 0.4) is 0 Å². The van der Waals surface area contributed by atoms with Crippen molar-refractivity contribution in [3.8, 4) is 0 Å². The Morgan fingerprint density at radius 2 is 1.89 bits per heavy atom. The minimum atomic E-state index is -0.540. The molecule has 2 rings (SSSR count). The topological polar surface area (TPSA) is 37.8 Å². The Labute approximate surface area is 118 Å². The Kier molecular flexibility index (Phi) is 4.09. The van der Waals surface area contributed by atoms with Crippen molar-refractivity contribution in [2.45, 2.75) is 19.8 Å². The van der Waals surface area contributed by atoms with Crippen LogP contribution in [0.15, 0.2) is 28.9 Å². The fraction of sp³-hybridized carbons (Fsp3) is 0.231. The summed E-state index contributed by atoms with van der Waals surface area (Å²) in [7, 11) is 0. The molecule has 1 aromatic heterocycles. The van der Waals surface area contributed by atoms with E-state index in [1.807, 2.05) is 13.8 Å². The number of halogens is 3. The van der Waals surface area contributed by atoms with Gasteiger partial charge in [-0.3, -0.25) is 0 Å². The quantitative estimate of drug-likeness (QED) is 0.850. The summed E-state index contributed by atoms with van der Waals surface area (Å²) in [5.74, 6) is 0.113. The van der Waals surface area contributed by atoms with Crippen molar-refractivity contribution in [3.05, 3.63) is 46.3 Å². The second-order valence-electron chi connectivity index (χ2n) is 4.34. The van der Waals surface area contributed by atoms with Gasteiger partial charge in [-0.05, 0) is 28.1 Å². The predicted molar refractivity (Wildman–Crippen MR) is 73.5 cm³/mol. The highest BCUT2D eigenvalue weighted by Gasteiger charge is 2.09. The second kappa shape index (κ2) is 5.61. The number of anilines is 2. The molecule has 0 bridgehead atoms. The molecule has 0 saturated heterocycles. The monoisotopic (exact) mass is 327 g/mol. The molecule has 0 saturated carbocycles. The molecule has 19 heavy (non-hydrogen) atoms. The fourth-order valence-corrected chi connectivity index (χ4v) is 1.89. The van der Waals surface area contributed by atoms with E-state index >= 15 is 0 Å². The zero-order valence-corrected chi connectivity index (χ0v) is 12.0. The predicted octanol–water partition coefficient (Wildman–Crippen LogP) is 4.38. The molecule has 6 heteroatoms. The molecule has 0 aliphatic heterocycles. The number of hydrogen-bond donors (Lipinski definition) is 1. The smallest absolute Gasteiger partial charge is 0.146 e. The fourth-order valence-electron chi connectivity index (χ4n) is 1.49. The number of aromatic nitrogens is 2. The molecule has 3 nitrogen and oxygen atoms in total. The maximum atomic E-state index is 13.5. The van der Waals surface area contributed by atoms with E-state index in [-0.39, 0.29) is 11.6 Å². The van der Waals surface area contributed by atoms with Gasteiger partial charge in [0.15, 0.2) is 0 Å². The maximum Gasteiger partial charge on any atom is 0.146 e. The number of nitrogens with zero attached hydrogens (tertiary/aromatic N) is 2. The Morgan fingerprint density at radius 3 is 2.58 bits per heavy atom. The van der Waals surface area contributed by atoms with Crippen LogP contribution in [0.25, 0.3) is 0 Å². The van der Waals surface area contributed by atoms with Crippen molar-refractivity contribution in [2.75, 3.05) is 5.32 Å². The lowest BCUT2D eigenvalue weighted by Gasteiger charge is -2.10. The Hall–Kier alpha value is -1.56. The lowest BCUT2D eigenvalue weighted by atomic mass is 10.2. The van der Waals surface area contributed by atoms with E-state index in [1.165, 1.54) is 0 Å². The van der Waals surface area contributed by atoms with Crippen molar-refractivity contribution < 1.29 is 8.78 Å². The van der Waals surface area contributed by atoms with Gasteiger partial charge in [-0.25, -0.2) is 18.7 Å². The first-order valence-electron chi connectivity index (χ1n) is 5.72. The highest BCUT2D eigenvalue weighted by molar-refractivity contribution is 9.10. The Morgan fingerprint density at radius 1 is 1.16 bits per heavy atom. The molecule has 0 spiro atoms. The lowest BCUT2D eigenvalue weighted by Crippen LogP contribution is -2.03. The van der Waals surface area contributed by atoms with Crippen LogP contribution in [0.2, 0.25) is 0 Å². The molecule has 100 valence electrons. The van der Waals surface area contributed by atoms with E-state index in [2.05, 4.69) is 31.2 Å². The molecule has 0 radical (unpaired) electrons. The normalized spacial score (nSPS) is 10.8. The van der Waals surface area contributed by atoms with Gasteiger partial charge in [0.1, 0.15) is 27.9 Å². The van der Waals surface area contributed by atoms with Gasteiger partial charge in [-0.15, -0.1) is 0 Å². The number of rotatable bonds is 3. The molecule has 0 aliphatic carbocycles. The van der Waals surface area contributed by atoms with Crippen LogP contribution in [0.5, 0.6) is 0 Å². The molecule has 1 N–H and O–H groups in total. The van der Waals surface area contributed by atoms with Gasteiger partial charge in [0.25, 0.3) is 0 Å². The molecular weight excluding hydrogens is 316 g/mol. The Balaban J connectivity index is 2.35. The van der Waals surface area contributed by atoms with E-state index in [0.717, 1.165) is 18.2 Å². The van der Waals surface area contributed by atoms with Crippen molar-refractivity contribution >= 4 is 27.4 Å². The highest BCUT2D eigenvalue weighted by Crippen LogP contribution is 2.23. The van der Waals surface area contributed by atoms with Crippen LogP contribution in [0, 0.1) is 11.6 Å². The van der Waals surface area contributed by atoms with Gasteiger partial charge in [0.2, 0.25) is 0 Å². The van der Waals surface area contributed by atoms with E-state index in [1.54, 1.807) is 6.07 Å². The number of benzene rings is 1. The van der Waals surface area contributed by atoms with Gasteiger partial charge in [0, 0.05) is 18.1 Å². The standard InChI is InChI=1S/C13H12BrF2N3/c1-7(2)13-18-11(14)6-12(19-13)17-10-5-8(15)3-4-9(10)16/h3-7H,1-2H3,(H,17,18,19).